The average Bonchev–Trinajstić information content (AvgIpc) is 2.37. The molecule has 0 bridgehead atoms. The number of rotatable bonds is 0. The predicted octanol–water partition coefficient (Wildman–Crippen LogP) is 2.59. The molecule has 0 saturated carbocycles. The Kier molecular flexibility index (Phi) is 3.17. The molecular weight excluding hydrogens is 395 g/mol. The Morgan fingerprint density at radius 2 is 1.75 bits per heavy atom. The SMILES string of the molecule is O=C1Oc2ccccc2S(=O)(=O)Oc2cc(I)ccc21. The van der Waals surface area contributed by atoms with Crippen LogP contribution in [0.15, 0.2) is 47.4 Å². The molecule has 0 N–H and O–H groups in total. The van der Waals surface area contributed by atoms with Crippen LogP contribution in [0.1, 0.15) is 10.4 Å². The summed E-state index contributed by atoms with van der Waals surface area (Å²) in [6, 6.07) is 10.5. The Morgan fingerprint density at radius 3 is 2.55 bits per heavy atom. The molecule has 0 aliphatic carbocycles. The van der Waals surface area contributed by atoms with Crippen LogP contribution in [0.3, 0.4) is 0 Å². The zero-order valence-corrected chi connectivity index (χ0v) is 12.8. The highest BCUT2D eigenvalue weighted by atomic mass is 127. The highest BCUT2D eigenvalue weighted by molar-refractivity contribution is 14.1. The molecule has 0 radical (unpaired) electrons. The van der Waals surface area contributed by atoms with Gasteiger partial charge in [-0.2, -0.15) is 8.42 Å². The van der Waals surface area contributed by atoms with E-state index in [-0.39, 0.29) is 22.0 Å². The normalized spacial score (nSPS) is 15.9. The van der Waals surface area contributed by atoms with Gasteiger partial charge in [-0.15, -0.1) is 0 Å². The van der Waals surface area contributed by atoms with Gasteiger partial charge in [-0.05, 0) is 52.9 Å². The number of halogens is 1. The number of carbonyl (C=O) groups excluding carboxylic acids is 1. The summed E-state index contributed by atoms with van der Waals surface area (Å²) in [5.74, 6) is -0.725. The largest absolute Gasteiger partial charge is 0.421 e. The van der Waals surface area contributed by atoms with Crippen LogP contribution in [0.2, 0.25) is 0 Å². The summed E-state index contributed by atoms with van der Waals surface area (Å²) >= 11 is 2.00. The van der Waals surface area contributed by atoms with E-state index >= 15 is 0 Å². The molecule has 1 heterocycles. The molecule has 0 aromatic heterocycles. The van der Waals surface area contributed by atoms with Crippen molar-refractivity contribution >= 4 is 38.7 Å². The van der Waals surface area contributed by atoms with Crippen molar-refractivity contribution in [2.45, 2.75) is 4.90 Å². The number of para-hydroxylation sites is 1. The third-order valence-corrected chi connectivity index (χ3v) is 4.63. The van der Waals surface area contributed by atoms with Crippen molar-refractivity contribution in [2.24, 2.45) is 0 Å². The number of hydrogen-bond acceptors (Lipinski definition) is 5. The molecule has 5 nitrogen and oxygen atoms in total. The Morgan fingerprint density at radius 1 is 1.00 bits per heavy atom. The fourth-order valence-electron chi connectivity index (χ4n) is 1.79. The van der Waals surface area contributed by atoms with Crippen LogP contribution in [-0.4, -0.2) is 14.4 Å². The van der Waals surface area contributed by atoms with Crippen LogP contribution in [-0.2, 0) is 10.1 Å². The van der Waals surface area contributed by atoms with Crippen molar-refractivity contribution in [1.82, 2.24) is 0 Å². The lowest BCUT2D eigenvalue weighted by Crippen LogP contribution is -2.20. The van der Waals surface area contributed by atoms with E-state index in [1.54, 1.807) is 12.1 Å². The molecule has 3 rings (SSSR count). The summed E-state index contributed by atoms with van der Waals surface area (Å²) < 4.78 is 35.4. The first-order valence-electron chi connectivity index (χ1n) is 5.52. The van der Waals surface area contributed by atoms with E-state index in [0.717, 1.165) is 3.57 Å². The highest BCUT2D eigenvalue weighted by Crippen LogP contribution is 2.33. The summed E-state index contributed by atoms with van der Waals surface area (Å²) in [6.45, 7) is 0. The van der Waals surface area contributed by atoms with Crippen molar-refractivity contribution < 1.29 is 22.1 Å². The van der Waals surface area contributed by atoms with Gasteiger partial charge in [0, 0.05) is 3.57 Å². The lowest BCUT2D eigenvalue weighted by atomic mass is 10.2. The first kappa shape index (κ1) is 13.4. The maximum atomic E-state index is 12.2. The molecular formula is C13H7IO5S. The van der Waals surface area contributed by atoms with E-state index in [4.69, 9.17) is 8.92 Å². The van der Waals surface area contributed by atoms with Crippen molar-refractivity contribution in [1.29, 1.82) is 0 Å². The summed E-state index contributed by atoms with van der Waals surface area (Å²) in [7, 11) is -4.04. The van der Waals surface area contributed by atoms with E-state index in [9.17, 15) is 13.2 Å². The quantitative estimate of drug-likeness (QED) is 0.293. The van der Waals surface area contributed by atoms with Gasteiger partial charge in [0.1, 0.15) is 10.5 Å². The van der Waals surface area contributed by atoms with Crippen LogP contribution >= 0.6 is 22.6 Å². The zero-order valence-electron chi connectivity index (χ0n) is 9.87. The molecule has 2 aromatic rings. The topological polar surface area (TPSA) is 69.7 Å². The number of benzene rings is 2. The van der Waals surface area contributed by atoms with Crippen LogP contribution in [0, 0.1) is 3.57 Å². The first-order valence-corrected chi connectivity index (χ1v) is 8.01. The minimum atomic E-state index is -4.04. The molecule has 102 valence electrons. The van der Waals surface area contributed by atoms with Gasteiger partial charge in [-0.1, -0.05) is 12.1 Å². The Bertz CT molecular complexity index is 813. The monoisotopic (exact) mass is 402 g/mol. The lowest BCUT2D eigenvalue weighted by Gasteiger charge is -2.17. The Balaban J connectivity index is 2.25. The number of ether oxygens (including phenoxy) is 1. The summed E-state index contributed by atoms with van der Waals surface area (Å²) in [5, 5.41) is 0. The van der Waals surface area contributed by atoms with Gasteiger partial charge < -0.3 is 8.92 Å². The minimum absolute atomic E-state index is 0.0311. The summed E-state index contributed by atoms with van der Waals surface area (Å²) in [6.07, 6.45) is 0. The molecule has 2 aromatic carbocycles. The second-order valence-electron chi connectivity index (χ2n) is 4.01. The van der Waals surface area contributed by atoms with Crippen molar-refractivity contribution in [3.63, 3.8) is 0 Å². The molecule has 0 atom stereocenters. The lowest BCUT2D eigenvalue weighted by molar-refractivity contribution is 0.0726. The second-order valence-corrected chi connectivity index (χ2v) is 6.77. The van der Waals surface area contributed by atoms with Crippen LogP contribution in [0.4, 0.5) is 0 Å². The van der Waals surface area contributed by atoms with Gasteiger partial charge >= 0.3 is 16.1 Å². The Labute approximate surface area is 128 Å². The molecule has 0 unspecified atom stereocenters. The van der Waals surface area contributed by atoms with Gasteiger partial charge in [-0.3, -0.25) is 0 Å². The average molecular weight is 402 g/mol. The number of hydrogen-bond donors (Lipinski definition) is 0. The van der Waals surface area contributed by atoms with Gasteiger partial charge in [-0.25, -0.2) is 4.79 Å². The third kappa shape index (κ3) is 2.27. The van der Waals surface area contributed by atoms with Crippen LogP contribution in [0.25, 0.3) is 0 Å². The van der Waals surface area contributed by atoms with E-state index < -0.39 is 16.1 Å². The van der Waals surface area contributed by atoms with E-state index in [1.165, 1.54) is 30.3 Å². The third-order valence-electron chi connectivity index (χ3n) is 2.68. The maximum Gasteiger partial charge on any atom is 0.347 e. The molecule has 0 spiro atoms. The van der Waals surface area contributed by atoms with Crippen LogP contribution in [0.5, 0.6) is 11.5 Å². The second kappa shape index (κ2) is 4.74. The highest BCUT2D eigenvalue weighted by Gasteiger charge is 2.29. The van der Waals surface area contributed by atoms with Crippen LogP contribution < -0.4 is 8.92 Å². The van der Waals surface area contributed by atoms with Crippen molar-refractivity contribution in [3.8, 4) is 11.5 Å². The van der Waals surface area contributed by atoms with E-state index in [0.29, 0.717) is 0 Å². The summed E-state index contributed by atoms with van der Waals surface area (Å²) in [5.41, 5.74) is 0.0727. The number of fused-ring (bicyclic) bond motifs is 2. The maximum absolute atomic E-state index is 12.2. The molecule has 0 saturated heterocycles. The van der Waals surface area contributed by atoms with E-state index in [1.807, 2.05) is 22.6 Å². The van der Waals surface area contributed by atoms with Gasteiger partial charge in [0.25, 0.3) is 0 Å². The molecule has 7 heteroatoms. The van der Waals surface area contributed by atoms with Gasteiger partial charge in [0.2, 0.25) is 0 Å². The van der Waals surface area contributed by atoms with Crippen molar-refractivity contribution in [3.05, 3.63) is 51.6 Å². The standard InChI is InChI=1S/C13H7IO5S/c14-8-5-6-9-11(7-8)19-20(16,17)12-4-2-1-3-10(12)18-13(9)15/h1-7H. The summed E-state index contributed by atoms with van der Waals surface area (Å²) in [4.78, 5) is 11.9. The Hall–Kier alpha value is -1.61. The minimum Gasteiger partial charge on any atom is -0.421 e. The van der Waals surface area contributed by atoms with Gasteiger partial charge in [0.15, 0.2) is 11.5 Å². The molecule has 20 heavy (non-hydrogen) atoms. The van der Waals surface area contributed by atoms with Gasteiger partial charge in [0.05, 0.1) is 0 Å². The molecule has 1 aliphatic rings. The fraction of sp³-hybridized carbons (Fsp3) is 0. The molecule has 1 aliphatic heterocycles. The smallest absolute Gasteiger partial charge is 0.347 e. The van der Waals surface area contributed by atoms with Crippen molar-refractivity contribution in [2.75, 3.05) is 0 Å². The molecule has 0 amide bonds. The number of esters is 1. The molecule has 0 fully saturated rings. The fourth-order valence-corrected chi connectivity index (χ4v) is 3.32. The number of carbonyl (C=O) groups is 1. The zero-order chi connectivity index (χ0) is 14.3. The predicted molar refractivity (Wildman–Crippen MR) is 78.4 cm³/mol. The van der Waals surface area contributed by atoms with E-state index in [2.05, 4.69) is 0 Å². The first-order chi connectivity index (χ1) is 9.47.